The summed E-state index contributed by atoms with van der Waals surface area (Å²) in [5, 5.41) is 16.8. The zero-order valence-corrected chi connectivity index (χ0v) is 13.5. The molecule has 116 valence electrons. The number of hydrogen-bond acceptors (Lipinski definition) is 3. The van der Waals surface area contributed by atoms with E-state index in [0.29, 0.717) is 11.8 Å². The van der Waals surface area contributed by atoms with Crippen LogP contribution in [-0.4, -0.2) is 35.2 Å². The predicted molar refractivity (Wildman–Crippen MR) is 90.7 cm³/mol. The van der Waals surface area contributed by atoms with Crippen molar-refractivity contribution < 1.29 is 5.11 Å². The highest BCUT2D eigenvalue weighted by Gasteiger charge is 2.15. The maximum atomic E-state index is 9.35. The number of aliphatic imine (C=N–C) groups is 1. The molecule has 1 aliphatic rings. The fourth-order valence-electron chi connectivity index (χ4n) is 2.39. The Labute approximate surface area is 131 Å². The zero-order chi connectivity index (χ0) is 14.9. The van der Waals surface area contributed by atoms with Crippen LogP contribution in [0.5, 0.6) is 0 Å². The number of guanidine groups is 1. The summed E-state index contributed by atoms with van der Waals surface area (Å²) < 4.78 is 0. The van der Waals surface area contributed by atoms with Crippen molar-refractivity contribution in [1.82, 2.24) is 10.6 Å². The average Bonchev–Trinajstić information content (AvgIpc) is 3.03. The molecule has 1 aromatic rings. The van der Waals surface area contributed by atoms with Crippen LogP contribution in [0.1, 0.15) is 30.9 Å². The number of aliphatic hydroxyl groups excluding tert-OH is 1. The molecule has 0 aliphatic carbocycles. The van der Waals surface area contributed by atoms with E-state index in [9.17, 15) is 5.11 Å². The Balaban J connectivity index is 1.92. The Morgan fingerprint density at radius 2 is 2.14 bits per heavy atom. The Morgan fingerprint density at radius 3 is 2.81 bits per heavy atom. The van der Waals surface area contributed by atoms with E-state index in [1.54, 1.807) is 0 Å². The lowest BCUT2D eigenvalue weighted by Crippen LogP contribution is -2.40. The van der Waals surface area contributed by atoms with Gasteiger partial charge in [-0.1, -0.05) is 24.3 Å². The molecule has 0 radical (unpaired) electrons. The molecule has 1 atom stereocenters. The van der Waals surface area contributed by atoms with Crippen molar-refractivity contribution in [3.05, 3.63) is 35.4 Å². The molecule has 1 fully saturated rings. The summed E-state index contributed by atoms with van der Waals surface area (Å²) in [7, 11) is 0. The summed E-state index contributed by atoms with van der Waals surface area (Å²) >= 11 is 2.04. The third-order valence-electron chi connectivity index (χ3n) is 3.56. The van der Waals surface area contributed by atoms with Crippen molar-refractivity contribution in [2.45, 2.75) is 38.2 Å². The lowest BCUT2D eigenvalue weighted by Gasteiger charge is -2.14. The summed E-state index contributed by atoms with van der Waals surface area (Å²) in [6.45, 7) is 4.55. The molecule has 1 aromatic carbocycles. The monoisotopic (exact) mass is 307 g/mol. The van der Waals surface area contributed by atoms with Gasteiger partial charge in [-0.05, 0) is 36.6 Å². The van der Waals surface area contributed by atoms with Gasteiger partial charge < -0.3 is 15.7 Å². The first-order chi connectivity index (χ1) is 10.3. The molecule has 0 saturated carbocycles. The fraction of sp³-hybridized carbons (Fsp3) is 0.562. The molecular formula is C16H25N3OS. The first-order valence-electron chi connectivity index (χ1n) is 7.65. The van der Waals surface area contributed by atoms with E-state index in [-0.39, 0.29) is 6.61 Å². The summed E-state index contributed by atoms with van der Waals surface area (Å²) in [6, 6.07) is 7.89. The Bertz CT molecular complexity index is 459. The van der Waals surface area contributed by atoms with Gasteiger partial charge in [0.25, 0.3) is 0 Å². The van der Waals surface area contributed by atoms with Crippen LogP contribution < -0.4 is 10.6 Å². The largest absolute Gasteiger partial charge is 0.392 e. The van der Waals surface area contributed by atoms with Gasteiger partial charge in [0, 0.05) is 18.3 Å². The first-order valence-corrected chi connectivity index (χ1v) is 8.69. The summed E-state index contributed by atoms with van der Waals surface area (Å²) in [5.74, 6) is 2.14. The minimum atomic E-state index is 0.0639. The standard InChI is InChI=1S/C16H25N3OS/c1-2-17-16(19-11-15-8-5-9-21-15)18-10-13-6-3-4-7-14(13)12-20/h3-4,6-7,15,20H,2,5,8-12H2,1H3,(H2,17,18,19). The topological polar surface area (TPSA) is 56.7 Å². The number of rotatable bonds is 6. The molecule has 1 saturated heterocycles. The number of aliphatic hydroxyl groups is 1. The Morgan fingerprint density at radius 1 is 1.33 bits per heavy atom. The van der Waals surface area contributed by atoms with Crippen molar-refractivity contribution in [2.24, 2.45) is 4.99 Å². The second-order valence-corrected chi connectivity index (χ2v) is 6.55. The molecule has 5 heteroatoms. The third-order valence-corrected chi connectivity index (χ3v) is 4.96. The molecule has 21 heavy (non-hydrogen) atoms. The summed E-state index contributed by atoms with van der Waals surface area (Å²) in [4.78, 5) is 4.63. The van der Waals surface area contributed by atoms with Gasteiger partial charge in [-0.15, -0.1) is 0 Å². The summed E-state index contributed by atoms with van der Waals surface area (Å²) in [6.07, 6.45) is 2.62. The van der Waals surface area contributed by atoms with Crippen LogP contribution in [0.2, 0.25) is 0 Å². The fourth-order valence-corrected chi connectivity index (χ4v) is 3.59. The van der Waals surface area contributed by atoms with Crippen molar-refractivity contribution >= 4 is 17.7 Å². The molecule has 0 bridgehead atoms. The van der Waals surface area contributed by atoms with E-state index in [1.807, 2.05) is 36.0 Å². The van der Waals surface area contributed by atoms with Gasteiger partial charge >= 0.3 is 0 Å². The minimum absolute atomic E-state index is 0.0639. The van der Waals surface area contributed by atoms with Crippen LogP contribution in [0.3, 0.4) is 0 Å². The number of nitrogens with zero attached hydrogens (tertiary/aromatic N) is 1. The van der Waals surface area contributed by atoms with Crippen LogP contribution in [0.4, 0.5) is 0 Å². The first kappa shape index (κ1) is 16.2. The molecule has 0 aromatic heterocycles. The number of benzene rings is 1. The second-order valence-electron chi connectivity index (χ2n) is 5.14. The van der Waals surface area contributed by atoms with Gasteiger partial charge in [-0.25, -0.2) is 4.99 Å². The van der Waals surface area contributed by atoms with Crippen LogP contribution in [0.15, 0.2) is 29.3 Å². The van der Waals surface area contributed by atoms with Crippen molar-refractivity contribution in [3.63, 3.8) is 0 Å². The van der Waals surface area contributed by atoms with Gasteiger partial charge in [0.15, 0.2) is 5.96 Å². The summed E-state index contributed by atoms with van der Waals surface area (Å²) in [5.41, 5.74) is 2.02. The molecule has 4 nitrogen and oxygen atoms in total. The highest BCUT2D eigenvalue weighted by Crippen LogP contribution is 2.25. The molecule has 1 unspecified atom stereocenters. The van der Waals surface area contributed by atoms with E-state index in [0.717, 1.165) is 30.2 Å². The smallest absolute Gasteiger partial charge is 0.191 e. The SMILES string of the molecule is CCNC(=NCc1ccccc1CO)NCC1CCCS1. The lowest BCUT2D eigenvalue weighted by atomic mass is 10.1. The quantitative estimate of drug-likeness (QED) is 0.557. The maximum Gasteiger partial charge on any atom is 0.191 e. The highest BCUT2D eigenvalue weighted by molar-refractivity contribution is 8.00. The van der Waals surface area contributed by atoms with Crippen LogP contribution in [0.25, 0.3) is 0 Å². The molecule has 1 heterocycles. The van der Waals surface area contributed by atoms with E-state index in [2.05, 4.69) is 22.5 Å². The van der Waals surface area contributed by atoms with E-state index >= 15 is 0 Å². The molecule has 0 spiro atoms. The van der Waals surface area contributed by atoms with Gasteiger partial charge in [0.2, 0.25) is 0 Å². The van der Waals surface area contributed by atoms with E-state index in [4.69, 9.17) is 0 Å². The molecular weight excluding hydrogens is 282 g/mol. The Kier molecular flexibility index (Phi) is 6.89. The van der Waals surface area contributed by atoms with Crippen molar-refractivity contribution in [2.75, 3.05) is 18.8 Å². The number of nitrogens with one attached hydrogen (secondary N) is 2. The van der Waals surface area contributed by atoms with Gasteiger partial charge in [0.1, 0.15) is 0 Å². The lowest BCUT2D eigenvalue weighted by molar-refractivity contribution is 0.280. The molecule has 2 rings (SSSR count). The Hall–Kier alpha value is -1.20. The third kappa shape index (κ3) is 5.25. The predicted octanol–water partition coefficient (Wildman–Crippen LogP) is 2.13. The van der Waals surface area contributed by atoms with Crippen molar-refractivity contribution in [1.29, 1.82) is 0 Å². The molecule has 0 amide bonds. The number of hydrogen-bond donors (Lipinski definition) is 3. The van der Waals surface area contributed by atoms with Crippen LogP contribution in [0, 0.1) is 0 Å². The highest BCUT2D eigenvalue weighted by atomic mass is 32.2. The van der Waals surface area contributed by atoms with Gasteiger partial charge in [-0.3, -0.25) is 0 Å². The van der Waals surface area contributed by atoms with Gasteiger partial charge in [0.05, 0.1) is 13.2 Å². The zero-order valence-electron chi connectivity index (χ0n) is 12.6. The maximum absolute atomic E-state index is 9.35. The average molecular weight is 307 g/mol. The molecule has 1 aliphatic heterocycles. The van der Waals surface area contributed by atoms with E-state index in [1.165, 1.54) is 18.6 Å². The molecule has 3 N–H and O–H groups in total. The van der Waals surface area contributed by atoms with Crippen LogP contribution >= 0.6 is 11.8 Å². The van der Waals surface area contributed by atoms with Crippen molar-refractivity contribution in [3.8, 4) is 0 Å². The van der Waals surface area contributed by atoms with Gasteiger partial charge in [-0.2, -0.15) is 11.8 Å². The normalized spacial score (nSPS) is 18.8. The van der Waals surface area contributed by atoms with E-state index < -0.39 is 0 Å². The second kappa shape index (κ2) is 8.95. The minimum Gasteiger partial charge on any atom is -0.392 e. The number of thioether (sulfide) groups is 1. The van der Waals surface area contributed by atoms with Crippen LogP contribution in [-0.2, 0) is 13.2 Å².